The zero-order valence-corrected chi connectivity index (χ0v) is 12.0. The monoisotopic (exact) mass is 264 g/mol. The van der Waals surface area contributed by atoms with Gasteiger partial charge in [0.25, 0.3) is 0 Å². The number of ether oxygens (including phenoxy) is 2. The third-order valence-corrected chi connectivity index (χ3v) is 3.90. The Hall–Kier alpha value is -1.10. The van der Waals surface area contributed by atoms with E-state index < -0.39 is 0 Å². The standard InChI is InChI=1S/C15H24N2O2/c1-15(2,18-3)8-6-13(17-16)11-4-5-14-12(10-11)7-9-19-14/h4-5,10,13,17H,6-9,16H2,1-3H3. The molecule has 19 heavy (non-hydrogen) atoms. The third-order valence-electron chi connectivity index (χ3n) is 3.90. The van der Waals surface area contributed by atoms with Crippen molar-refractivity contribution < 1.29 is 9.47 Å². The third kappa shape index (κ3) is 3.47. The maximum Gasteiger partial charge on any atom is 0.122 e. The van der Waals surface area contributed by atoms with Gasteiger partial charge in [-0.05, 0) is 43.9 Å². The first kappa shape index (κ1) is 14.3. The van der Waals surface area contributed by atoms with Crippen molar-refractivity contribution in [1.82, 2.24) is 5.43 Å². The van der Waals surface area contributed by atoms with E-state index in [1.165, 1.54) is 11.1 Å². The molecule has 106 valence electrons. The number of benzene rings is 1. The van der Waals surface area contributed by atoms with Gasteiger partial charge in [0.15, 0.2) is 0 Å². The summed E-state index contributed by atoms with van der Waals surface area (Å²) in [5, 5.41) is 0. The van der Waals surface area contributed by atoms with Gasteiger partial charge in [0.1, 0.15) is 5.75 Å². The van der Waals surface area contributed by atoms with Crippen molar-refractivity contribution in [2.45, 2.75) is 44.8 Å². The number of hydrazine groups is 1. The van der Waals surface area contributed by atoms with E-state index in [4.69, 9.17) is 15.3 Å². The van der Waals surface area contributed by atoms with Crippen LogP contribution in [0.5, 0.6) is 5.75 Å². The molecule has 1 unspecified atom stereocenters. The topological polar surface area (TPSA) is 56.5 Å². The maximum absolute atomic E-state index is 5.70. The van der Waals surface area contributed by atoms with Crippen molar-refractivity contribution in [1.29, 1.82) is 0 Å². The quantitative estimate of drug-likeness (QED) is 0.611. The van der Waals surface area contributed by atoms with Gasteiger partial charge in [0, 0.05) is 19.6 Å². The molecule has 0 radical (unpaired) electrons. The van der Waals surface area contributed by atoms with Gasteiger partial charge in [-0.2, -0.15) is 0 Å². The summed E-state index contributed by atoms with van der Waals surface area (Å²) in [6.45, 7) is 4.98. The van der Waals surface area contributed by atoms with Gasteiger partial charge in [-0.25, -0.2) is 0 Å². The van der Waals surface area contributed by atoms with Crippen LogP contribution in [-0.4, -0.2) is 19.3 Å². The van der Waals surface area contributed by atoms with Crippen molar-refractivity contribution in [3.63, 3.8) is 0 Å². The highest BCUT2D eigenvalue weighted by Gasteiger charge is 2.21. The minimum absolute atomic E-state index is 0.116. The summed E-state index contributed by atoms with van der Waals surface area (Å²) in [6.07, 6.45) is 2.88. The van der Waals surface area contributed by atoms with Crippen LogP contribution in [0.3, 0.4) is 0 Å². The van der Waals surface area contributed by atoms with Gasteiger partial charge in [-0.1, -0.05) is 12.1 Å². The summed E-state index contributed by atoms with van der Waals surface area (Å²) < 4.78 is 11.0. The molecule has 0 amide bonds. The van der Waals surface area contributed by atoms with Gasteiger partial charge in [-0.3, -0.25) is 11.3 Å². The molecule has 0 saturated carbocycles. The van der Waals surface area contributed by atoms with Crippen molar-refractivity contribution in [2.75, 3.05) is 13.7 Å². The SMILES string of the molecule is COC(C)(C)CCC(NN)c1ccc2c(c1)CCO2. The molecular formula is C15H24N2O2. The summed E-state index contributed by atoms with van der Waals surface area (Å²) in [6, 6.07) is 6.49. The highest BCUT2D eigenvalue weighted by molar-refractivity contribution is 5.40. The van der Waals surface area contributed by atoms with Gasteiger partial charge in [-0.15, -0.1) is 0 Å². The van der Waals surface area contributed by atoms with E-state index >= 15 is 0 Å². The van der Waals surface area contributed by atoms with E-state index in [0.29, 0.717) is 0 Å². The molecular weight excluding hydrogens is 240 g/mol. The lowest BCUT2D eigenvalue weighted by Gasteiger charge is -2.26. The Bertz CT molecular complexity index is 432. The normalized spacial score (nSPS) is 16.0. The van der Waals surface area contributed by atoms with E-state index in [0.717, 1.165) is 31.6 Å². The van der Waals surface area contributed by atoms with Gasteiger partial charge >= 0.3 is 0 Å². The molecule has 1 aliphatic rings. The predicted molar refractivity (Wildman–Crippen MR) is 76.0 cm³/mol. The van der Waals surface area contributed by atoms with Crippen LogP contribution in [0.25, 0.3) is 0 Å². The zero-order chi connectivity index (χ0) is 13.9. The Kier molecular flexibility index (Phi) is 4.45. The summed E-state index contributed by atoms with van der Waals surface area (Å²) in [5.41, 5.74) is 5.30. The van der Waals surface area contributed by atoms with Crippen LogP contribution in [0.2, 0.25) is 0 Å². The molecule has 3 N–H and O–H groups in total. The summed E-state index contributed by atoms with van der Waals surface area (Å²) in [4.78, 5) is 0. The van der Waals surface area contributed by atoms with Crippen molar-refractivity contribution in [2.24, 2.45) is 5.84 Å². The number of hydrogen-bond donors (Lipinski definition) is 2. The fourth-order valence-electron chi connectivity index (χ4n) is 2.36. The summed E-state index contributed by atoms with van der Waals surface area (Å²) in [5.74, 6) is 6.71. The average molecular weight is 264 g/mol. The van der Waals surface area contributed by atoms with Crippen LogP contribution in [0.1, 0.15) is 43.9 Å². The molecule has 2 rings (SSSR count). The van der Waals surface area contributed by atoms with Gasteiger partial charge < -0.3 is 9.47 Å². The zero-order valence-electron chi connectivity index (χ0n) is 12.0. The van der Waals surface area contributed by atoms with Crippen LogP contribution < -0.4 is 16.0 Å². The average Bonchev–Trinajstić information content (AvgIpc) is 2.87. The lowest BCUT2D eigenvalue weighted by molar-refractivity contribution is 0.0117. The Morgan fingerprint density at radius 1 is 1.47 bits per heavy atom. The first-order valence-electron chi connectivity index (χ1n) is 6.82. The second kappa shape index (κ2) is 5.90. The summed E-state index contributed by atoms with van der Waals surface area (Å²) in [7, 11) is 1.75. The number of nitrogens with two attached hydrogens (primary N) is 1. The molecule has 1 aromatic rings. The summed E-state index contributed by atoms with van der Waals surface area (Å²) >= 11 is 0. The largest absolute Gasteiger partial charge is 0.493 e. The Morgan fingerprint density at radius 3 is 2.95 bits per heavy atom. The second-order valence-electron chi connectivity index (χ2n) is 5.69. The van der Waals surface area contributed by atoms with Crippen molar-refractivity contribution >= 4 is 0 Å². The molecule has 0 aromatic heterocycles. The number of hydrogen-bond acceptors (Lipinski definition) is 4. The van der Waals surface area contributed by atoms with E-state index in [9.17, 15) is 0 Å². The fourth-order valence-corrected chi connectivity index (χ4v) is 2.36. The Balaban J connectivity index is 2.05. The number of nitrogens with one attached hydrogen (secondary N) is 1. The van der Waals surface area contributed by atoms with Crippen molar-refractivity contribution in [3.8, 4) is 5.75 Å². The maximum atomic E-state index is 5.70. The highest BCUT2D eigenvalue weighted by atomic mass is 16.5. The number of fused-ring (bicyclic) bond motifs is 1. The molecule has 0 bridgehead atoms. The molecule has 0 saturated heterocycles. The molecule has 0 aliphatic carbocycles. The Labute approximate surface area is 115 Å². The fraction of sp³-hybridized carbons (Fsp3) is 0.600. The minimum Gasteiger partial charge on any atom is -0.493 e. The van der Waals surface area contributed by atoms with Crippen LogP contribution in [-0.2, 0) is 11.2 Å². The molecule has 1 aliphatic heterocycles. The molecule has 0 spiro atoms. The smallest absolute Gasteiger partial charge is 0.122 e. The molecule has 1 heterocycles. The second-order valence-corrected chi connectivity index (χ2v) is 5.69. The van der Waals surface area contributed by atoms with Crippen LogP contribution >= 0.6 is 0 Å². The lowest BCUT2D eigenvalue weighted by atomic mass is 9.94. The molecule has 0 fully saturated rings. The Morgan fingerprint density at radius 2 is 2.26 bits per heavy atom. The number of methoxy groups -OCH3 is 1. The first-order valence-corrected chi connectivity index (χ1v) is 6.82. The van der Waals surface area contributed by atoms with E-state index in [1.54, 1.807) is 7.11 Å². The predicted octanol–water partition coefficient (Wildman–Crippen LogP) is 2.33. The van der Waals surface area contributed by atoms with Gasteiger partial charge in [0.05, 0.1) is 12.2 Å². The van der Waals surface area contributed by atoms with Crippen LogP contribution in [0, 0.1) is 0 Å². The first-order chi connectivity index (χ1) is 9.05. The van der Waals surface area contributed by atoms with E-state index in [2.05, 4.69) is 31.4 Å². The number of rotatable bonds is 6. The molecule has 1 atom stereocenters. The minimum atomic E-state index is -0.116. The molecule has 1 aromatic carbocycles. The highest BCUT2D eigenvalue weighted by Crippen LogP contribution is 2.30. The molecule has 4 nitrogen and oxygen atoms in total. The lowest BCUT2D eigenvalue weighted by Crippen LogP contribution is -2.31. The van der Waals surface area contributed by atoms with E-state index in [-0.39, 0.29) is 11.6 Å². The van der Waals surface area contributed by atoms with Crippen molar-refractivity contribution in [3.05, 3.63) is 29.3 Å². The van der Waals surface area contributed by atoms with Crippen LogP contribution in [0.15, 0.2) is 18.2 Å². The van der Waals surface area contributed by atoms with Crippen LogP contribution in [0.4, 0.5) is 0 Å². The molecule has 4 heteroatoms. The van der Waals surface area contributed by atoms with Gasteiger partial charge in [0.2, 0.25) is 0 Å². The van der Waals surface area contributed by atoms with E-state index in [1.807, 2.05) is 6.07 Å².